The first kappa shape index (κ1) is 17.4. The van der Waals surface area contributed by atoms with Crippen molar-refractivity contribution in [3.8, 4) is 11.5 Å². The van der Waals surface area contributed by atoms with Crippen LogP contribution in [0.5, 0.6) is 11.5 Å². The maximum absolute atomic E-state index is 13.3. The zero-order valence-corrected chi connectivity index (χ0v) is 13.8. The van der Waals surface area contributed by atoms with Gasteiger partial charge in [-0.1, -0.05) is 18.2 Å². The quantitative estimate of drug-likeness (QED) is 0.809. The van der Waals surface area contributed by atoms with Crippen LogP contribution in [0, 0.1) is 5.82 Å². The maximum atomic E-state index is 13.3. The minimum Gasteiger partial charge on any atom is -0.455 e. The lowest BCUT2D eigenvalue weighted by molar-refractivity contribution is -0.115. The lowest BCUT2D eigenvalue weighted by atomic mass is 10.2. The van der Waals surface area contributed by atoms with Crippen molar-refractivity contribution < 1.29 is 18.7 Å². The van der Waals surface area contributed by atoms with Gasteiger partial charge >= 0.3 is 0 Å². The number of nitrogens with one attached hydrogen (secondary N) is 2. The van der Waals surface area contributed by atoms with Crippen LogP contribution in [0.3, 0.4) is 0 Å². The normalized spacial score (nSPS) is 16.6. The molecule has 1 amide bonds. The second kappa shape index (κ2) is 8.60. The number of anilines is 1. The van der Waals surface area contributed by atoms with Gasteiger partial charge in [0.2, 0.25) is 5.91 Å². The van der Waals surface area contributed by atoms with Crippen LogP contribution in [0.15, 0.2) is 48.5 Å². The SMILES string of the molecule is O=C(CNCC1CCCO1)Nc1ccccc1Oc1cccc(F)c1. The van der Waals surface area contributed by atoms with Crippen LogP contribution in [0.2, 0.25) is 0 Å². The van der Waals surface area contributed by atoms with Gasteiger partial charge in [0.25, 0.3) is 0 Å². The van der Waals surface area contributed by atoms with Gasteiger partial charge in [0.15, 0.2) is 5.75 Å². The van der Waals surface area contributed by atoms with Crippen molar-refractivity contribution in [3.63, 3.8) is 0 Å². The van der Waals surface area contributed by atoms with E-state index in [0.29, 0.717) is 23.7 Å². The highest BCUT2D eigenvalue weighted by Gasteiger charge is 2.15. The predicted octanol–water partition coefficient (Wildman–Crippen LogP) is 3.33. The summed E-state index contributed by atoms with van der Waals surface area (Å²) >= 11 is 0. The zero-order chi connectivity index (χ0) is 17.5. The highest BCUT2D eigenvalue weighted by molar-refractivity contribution is 5.93. The van der Waals surface area contributed by atoms with Crippen molar-refractivity contribution in [2.45, 2.75) is 18.9 Å². The lowest BCUT2D eigenvalue weighted by Gasteiger charge is -2.13. The van der Waals surface area contributed by atoms with Crippen LogP contribution in [0.25, 0.3) is 0 Å². The maximum Gasteiger partial charge on any atom is 0.238 e. The third kappa shape index (κ3) is 5.27. The Morgan fingerprint density at radius 3 is 2.92 bits per heavy atom. The summed E-state index contributed by atoms with van der Waals surface area (Å²) in [5, 5.41) is 5.91. The highest BCUT2D eigenvalue weighted by atomic mass is 19.1. The van der Waals surface area contributed by atoms with E-state index in [4.69, 9.17) is 9.47 Å². The Morgan fingerprint density at radius 1 is 1.24 bits per heavy atom. The molecule has 2 N–H and O–H groups in total. The van der Waals surface area contributed by atoms with Gasteiger partial charge in [0, 0.05) is 19.2 Å². The van der Waals surface area contributed by atoms with Crippen LogP contribution in [0.4, 0.5) is 10.1 Å². The first-order chi connectivity index (χ1) is 12.2. The average Bonchev–Trinajstić information content (AvgIpc) is 3.10. The van der Waals surface area contributed by atoms with E-state index in [1.54, 1.807) is 36.4 Å². The molecule has 6 heteroatoms. The number of amides is 1. The third-order valence-electron chi connectivity index (χ3n) is 3.87. The van der Waals surface area contributed by atoms with Crippen LogP contribution in [-0.4, -0.2) is 31.7 Å². The summed E-state index contributed by atoms with van der Waals surface area (Å²) in [6.07, 6.45) is 2.29. The van der Waals surface area contributed by atoms with E-state index >= 15 is 0 Å². The van der Waals surface area contributed by atoms with Crippen molar-refractivity contribution in [2.24, 2.45) is 0 Å². The fraction of sp³-hybridized carbons (Fsp3) is 0.316. The molecule has 1 aliphatic rings. The minimum absolute atomic E-state index is 0.173. The summed E-state index contributed by atoms with van der Waals surface area (Å²) in [7, 11) is 0. The largest absolute Gasteiger partial charge is 0.455 e. The smallest absolute Gasteiger partial charge is 0.238 e. The molecule has 1 heterocycles. The number of benzene rings is 2. The molecule has 1 atom stereocenters. The fourth-order valence-corrected chi connectivity index (χ4v) is 2.66. The van der Waals surface area contributed by atoms with Crippen molar-refractivity contribution in [1.82, 2.24) is 5.32 Å². The van der Waals surface area contributed by atoms with E-state index in [0.717, 1.165) is 19.4 Å². The number of para-hydroxylation sites is 2. The van der Waals surface area contributed by atoms with Crippen molar-refractivity contribution in [3.05, 3.63) is 54.3 Å². The molecule has 0 aromatic heterocycles. The molecule has 132 valence electrons. The molecule has 2 aromatic carbocycles. The van der Waals surface area contributed by atoms with E-state index in [-0.39, 0.29) is 24.4 Å². The van der Waals surface area contributed by atoms with Crippen LogP contribution < -0.4 is 15.4 Å². The van der Waals surface area contributed by atoms with Crippen LogP contribution in [0.1, 0.15) is 12.8 Å². The standard InChI is InChI=1S/C19H21FN2O3/c20-14-5-3-6-15(11-14)25-18-9-2-1-8-17(18)22-19(23)13-21-12-16-7-4-10-24-16/h1-3,5-6,8-9,11,16,21H,4,7,10,12-13H2,(H,22,23). The van der Waals surface area contributed by atoms with Crippen LogP contribution in [-0.2, 0) is 9.53 Å². The summed E-state index contributed by atoms with van der Waals surface area (Å²) in [4.78, 5) is 12.1. The van der Waals surface area contributed by atoms with E-state index < -0.39 is 0 Å². The molecule has 1 aliphatic heterocycles. The summed E-state index contributed by atoms with van der Waals surface area (Å²) in [5.41, 5.74) is 0.538. The fourth-order valence-electron chi connectivity index (χ4n) is 2.66. The molecule has 5 nitrogen and oxygen atoms in total. The minimum atomic E-state index is -0.377. The molecule has 1 saturated heterocycles. The van der Waals surface area contributed by atoms with E-state index in [1.165, 1.54) is 12.1 Å². The predicted molar refractivity (Wildman–Crippen MR) is 93.4 cm³/mol. The van der Waals surface area contributed by atoms with Crippen molar-refractivity contribution >= 4 is 11.6 Å². The van der Waals surface area contributed by atoms with Gasteiger partial charge in [-0.25, -0.2) is 4.39 Å². The first-order valence-corrected chi connectivity index (χ1v) is 8.35. The summed E-state index contributed by atoms with van der Waals surface area (Å²) < 4.78 is 24.5. The highest BCUT2D eigenvalue weighted by Crippen LogP contribution is 2.29. The first-order valence-electron chi connectivity index (χ1n) is 8.35. The van der Waals surface area contributed by atoms with Crippen molar-refractivity contribution in [1.29, 1.82) is 0 Å². The summed E-state index contributed by atoms with van der Waals surface area (Å²) in [6.45, 7) is 1.65. The number of hydrogen-bond donors (Lipinski definition) is 2. The Morgan fingerprint density at radius 2 is 2.12 bits per heavy atom. The number of ether oxygens (including phenoxy) is 2. The Kier molecular flexibility index (Phi) is 5.98. The Balaban J connectivity index is 1.55. The Bertz CT molecular complexity index is 717. The molecule has 2 aromatic rings. The van der Waals surface area contributed by atoms with Gasteiger partial charge in [-0.3, -0.25) is 4.79 Å². The number of carbonyl (C=O) groups is 1. The van der Waals surface area contributed by atoms with Crippen LogP contribution >= 0.6 is 0 Å². The Labute approximate surface area is 146 Å². The monoisotopic (exact) mass is 344 g/mol. The molecule has 0 spiro atoms. The number of hydrogen-bond acceptors (Lipinski definition) is 4. The molecule has 25 heavy (non-hydrogen) atoms. The molecular weight excluding hydrogens is 323 g/mol. The third-order valence-corrected chi connectivity index (χ3v) is 3.87. The summed E-state index contributed by atoms with van der Waals surface area (Å²) in [5.74, 6) is 0.282. The second-order valence-corrected chi connectivity index (χ2v) is 5.87. The van der Waals surface area contributed by atoms with Gasteiger partial charge in [-0.15, -0.1) is 0 Å². The number of rotatable bonds is 7. The molecule has 0 radical (unpaired) electrons. The van der Waals surface area contributed by atoms with E-state index in [1.807, 2.05) is 0 Å². The molecule has 0 saturated carbocycles. The second-order valence-electron chi connectivity index (χ2n) is 5.87. The summed E-state index contributed by atoms with van der Waals surface area (Å²) in [6, 6.07) is 12.9. The molecule has 1 fully saturated rings. The number of carbonyl (C=O) groups excluding carboxylic acids is 1. The van der Waals surface area contributed by atoms with Gasteiger partial charge in [-0.05, 0) is 37.1 Å². The number of halogens is 1. The average molecular weight is 344 g/mol. The molecule has 3 rings (SSSR count). The zero-order valence-electron chi connectivity index (χ0n) is 13.8. The van der Waals surface area contributed by atoms with Gasteiger partial charge in [0.05, 0.1) is 18.3 Å². The Hall–Kier alpha value is -2.44. The van der Waals surface area contributed by atoms with Gasteiger partial charge in [-0.2, -0.15) is 0 Å². The molecule has 0 bridgehead atoms. The van der Waals surface area contributed by atoms with Gasteiger partial charge in [0.1, 0.15) is 11.6 Å². The van der Waals surface area contributed by atoms with Gasteiger partial charge < -0.3 is 20.1 Å². The molecule has 1 unspecified atom stereocenters. The molecular formula is C19H21FN2O3. The lowest BCUT2D eigenvalue weighted by Crippen LogP contribution is -2.33. The molecule has 0 aliphatic carbocycles. The van der Waals surface area contributed by atoms with E-state index in [9.17, 15) is 9.18 Å². The van der Waals surface area contributed by atoms with E-state index in [2.05, 4.69) is 10.6 Å². The topological polar surface area (TPSA) is 59.6 Å². The van der Waals surface area contributed by atoms with Crippen molar-refractivity contribution in [2.75, 3.05) is 25.0 Å².